The van der Waals surface area contributed by atoms with Crippen molar-refractivity contribution >= 4 is 23.4 Å². The molecule has 0 atom stereocenters. The van der Waals surface area contributed by atoms with Gasteiger partial charge in [-0.2, -0.15) is 0 Å². The van der Waals surface area contributed by atoms with E-state index < -0.39 is 0 Å². The van der Waals surface area contributed by atoms with Gasteiger partial charge in [-0.3, -0.25) is 0 Å². The number of nitrogens with one attached hydrogen (secondary N) is 1. The van der Waals surface area contributed by atoms with Crippen LogP contribution in [0.5, 0.6) is 5.75 Å². The van der Waals surface area contributed by atoms with Gasteiger partial charge >= 0.3 is 6.03 Å². The van der Waals surface area contributed by atoms with Crippen LogP contribution in [0.15, 0.2) is 36.4 Å². The van der Waals surface area contributed by atoms with Gasteiger partial charge in [0.2, 0.25) is 0 Å². The fourth-order valence-corrected chi connectivity index (χ4v) is 3.79. The van der Waals surface area contributed by atoms with Crippen molar-refractivity contribution in [1.82, 2.24) is 15.1 Å². The van der Waals surface area contributed by atoms with Crippen LogP contribution in [0.1, 0.15) is 19.8 Å². The number of aromatic nitrogens is 2. The maximum atomic E-state index is 12.7. The van der Waals surface area contributed by atoms with Crippen molar-refractivity contribution in [3.05, 3.63) is 36.4 Å². The van der Waals surface area contributed by atoms with E-state index in [-0.39, 0.29) is 6.03 Å². The second kappa shape index (κ2) is 8.98. The molecular weight excluding hydrogens is 368 g/mol. The number of ether oxygens (including phenoxy) is 1. The first-order valence-corrected chi connectivity index (χ1v) is 10.4. The van der Waals surface area contributed by atoms with E-state index in [1.807, 2.05) is 42.2 Å². The first kappa shape index (κ1) is 19.3. The largest absolute Gasteiger partial charge is 0.492 e. The lowest BCUT2D eigenvalue weighted by Crippen LogP contribution is -2.50. The third-order valence-electron chi connectivity index (χ3n) is 5.39. The summed E-state index contributed by atoms with van der Waals surface area (Å²) in [6.45, 7) is 7.36. The molecule has 0 spiro atoms. The van der Waals surface area contributed by atoms with Gasteiger partial charge in [-0.1, -0.05) is 12.1 Å². The summed E-state index contributed by atoms with van der Waals surface area (Å²) in [4.78, 5) is 18.9. The molecule has 4 rings (SSSR count). The zero-order valence-corrected chi connectivity index (χ0v) is 16.9. The van der Waals surface area contributed by atoms with Crippen molar-refractivity contribution in [2.45, 2.75) is 19.8 Å². The summed E-state index contributed by atoms with van der Waals surface area (Å²) in [6, 6.07) is 11.5. The Kier molecular flexibility index (Phi) is 5.97. The monoisotopic (exact) mass is 396 g/mol. The van der Waals surface area contributed by atoms with Crippen LogP contribution in [0.4, 0.5) is 22.1 Å². The van der Waals surface area contributed by atoms with Crippen LogP contribution in [0.2, 0.25) is 0 Å². The summed E-state index contributed by atoms with van der Waals surface area (Å²) in [5.41, 5.74) is 0.699. The molecule has 2 fully saturated rings. The maximum Gasteiger partial charge on any atom is 0.322 e. The molecule has 2 amide bonds. The molecule has 2 aliphatic heterocycles. The van der Waals surface area contributed by atoms with Gasteiger partial charge in [0.05, 0.1) is 12.3 Å². The van der Waals surface area contributed by atoms with Crippen molar-refractivity contribution in [3.8, 4) is 5.75 Å². The third-order valence-corrected chi connectivity index (χ3v) is 5.39. The lowest BCUT2D eigenvalue weighted by Gasteiger charge is -2.35. The number of carbonyl (C=O) groups is 1. The lowest BCUT2D eigenvalue weighted by atomic mass is 10.3. The first-order chi connectivity index (χ1) is 14.2. The molecule has 0 radical (unpaired) electrons. The summed E-state index contributed by atoms with van der Waals surface area (Å²) in [7, 11) is 0. The lowest BCUT2D eigenvalue weighted by molar-refractivity contribution is 0.208. The molecule has 0 unspecified atom stereocenters. The van der Waals surface area contributed by atoms with Crippen LogP contribution in [0.25, 0.3) is 0 Å². The first-order valence-electron chi connectivity index (χ1n) is 10.4. The standard InChI is InChI=1S/C21H28N6O2/c1-2-29-18-8-4-3-7-17(18)22-21(28)27-15-13-26(14-16-27)20-10-9-19(23-24-20)25-11-5-6-12-25/h3-4,7-10H,2,5-6,11-16H2,1H3,(H,22,28). The Bertz CT molecular complexity index is 814. The van der Waals surface area contributed by atoms with Crippen molar-refractivity contribution < 1.29 is 9.53 Å². The second-order valence-electron chi connectivity index (χ2n) is 7.28. The number of hydrogen-bond acceptors (Lipinski definition) is 6. The summed E-state index contributed by atoms with van der Waals surface area (Å²) in [5.74, 6) is 2.52. The molecule has 0 saturated carbocycles. The fraction of sp³-hybridized carbons (Fsp3) is 0.476. The topological polar surface area (TPSA) is 73.8 Å². The van der Waals surface area contributed by atoms with Gasteiger partial charge in [0.25, 0.3) is 0 Å². The summed E-state index contributed by atoms with van der Waals surface area (Å²) in [5, 5.41) is 11.8. The van der Waals surface area contributed by atoms with Crippen molar-refractivity contribution in [2.75, 3.05) is 61.0 Å². The maximum absolute atomic E-state index is 12.7. The summed E-state index contributed by atoms with van der Waals surface area (Å²) >= 11 is 0. The highest BCUT2D eigenvalue weighted by atomic mass is 16.5. The fourth-order valence-electron chi connectivity index (χ4n) is 3.79. The molecule has 2 saturated heterocycles. The highest BCUT2D eigenvalue weighted by Gasteiger charge is 2.23. The van der Waals surface area contributed by atoms with Crippen LogP contribution in [0, 0.1) is 0 Å². The Morgan fingerprint density at radius 1 is 0.931 bits per heavy atom. The highest BCUT2D eigenvalue weighted by Crippen LogP contribution is 2.24. The second-order valence-corrected chi connectivity index (χ2v) is 7.28. The Hall–Kier alpha value is -3.03. The van der Waals surface area contributed by atoms with Crippen LogP contribution >= 0.6 is 0 Å². The average Bonchev–Trinajstić information content (AvgIpc) is 3.30. The normalized spacial score (nSPS) is 16.8. The molecule has 29 heavy (non-hydrogen) atoms. The Morgan fingerprint density at radius 2 is 1.55 bits per heavy atom. The molecule has 8 nitrogen and oxygen atoms in total. The quantitative estimate of drug-likeness (QED) is 0.838. The van der Waals surface area contributed by atoms with Crippen LogP contribution in [-0.4, -0.2) is 67.0 Å². The van der Waals surface area contributed by atoms with Gasteiger partial charge in [0.1, 0.15) is 5.75 Å². The Labute approximate surface area is 171 Å². The zero-order valence-electron chi connectivity index (χ0n) is 16.9. The molecule has 3 heterocycles. The number of piperazine rings is 1. The zero-order chi connectivity index (χ0) is 20.1. The number of benzene rings is 1. The number of anilines is 3. The van der Waals surface area contributed by atoms with Crippen LogP contribution in [-0.2, 0) is 0 Å². The van der Waals surface area contributed by atoms with Gasteiger partial charge < -0.3 is 24.8 Å². The van der Waals surface area contributed by atoms with E-state index >= 15 is 0 Å². The van der Waals surface area contributed by atoms with E-state index in [0.717, 1.165) is 37.8 Å². The number of amides is 2. The molecule has 2 aromatic rings. The van der Waals surface area contributed by atoms with E-state index in [9.17, 15) is 4.79 Å². The van der Waals surface area contributed by atoms with Crippen LogP contribution in [0.3, 0.4) is 0 Å². The highest BCUT2D eigenvalue weighted by molar-refractivity contribution is 5.91. The smallest absolute Gasteiger partial charge is 0.322 e. The summed E-state index contributed by atoms with van der Waals surface area (Å²) in [6.07, 6.45) is 2.45. The van der Waals surface area contributed by atoms with Gasteiger partial charge in [-0.15, -0.1) is 10.2 Å². The number of carbonyl (C=O) groups excluding carboxylic acids is 1. The molecule has 8 heteroatoms. The number of para-hydroxylation sites is 2. The third kappa shape index (κ3) is 4.52. The van der Waals surface area contributed by atoms with Crippen molar-refractivity contribution in [1.29, 1.82) is 0 Å². The molecule has 1 aromatic heterocycles. The van der Waals surface area contributed by atoms with E-state index in [0.29, 0.717) is 31.1 Å². The number of hydrogen-bond donors (Lipinski definition) is 1. The Morgan fingerprint density at radius 3 is 2.17 bits per heavy atom. The van der Waals surface area contributed by atoms with E-state index in [2.05, 4.69) is 31.4 Å². The molecular formula is C21H28N6O2. The van der Waals surface area contributed by atoms with Crippen molar-refractivity contribution in [2.24, 2.45) is 0 Å². The van der Waals surface area contributed by atoms with Crippen molar-refractivity contribution in [3.63, 3.8) is 0 Å². The van der Waals surface area contributed by atoms with E-state index in [4.69, 9.17) is 4.74 Å². The van der Waals surface area contributed by atoms with Gasteiger partial charge in [0, 0.05) is 39.3 Å². The summed E-state index contributed by atoms with van der Waals surface area (Å²) < 4.78 is 5.59. The van der Waals surface area contributed by atoms with E-state index in [1.165, 1.54) is 12.8 Å². The minimum atomic E-state index is -0.104. The predicted octanol–water partition coefficient (Wildman–Crippen LogP) is 2.83. The number of rotatable bonds is 5. The van der Waals surface area contributed by atoms with Crippen LogP contribution < -0.4 is 19.9 Å². The number of urea groups is 1. The molecule has 1 N–H and O–H groups in total. The van der Waals surface area contributed by atoms with Gasteiger partial charge in [-0.05, 0) is 44.0 Å². The van der Waals surface area contributed by atoms with E-state index in [1.54, 1.807) is 0 Å². The number of nitrogens with zero attached hydrogens (tertiary/aromatic N) is 5. The molecule has 0 aliphatic carbocycles. The molecule has 0 bridgehead atoms. The average molecular weight is 396 g/mol. The molecule has 1 aromatic carbocycles. The minimum absolute atomic E-state index is 0.104. The molecule has 154 valence electrons. The SMILES string of the molecule is CCOc1ccccc1NC(=O)N1CCN(c2ccc(N3CCCC3)nn2)CC1. The van der Waals surface area contributed by atoms with Gasteiger partial charge in [-0.25, -0.2) is 4.79 Å². The predicted molar refractivity (Wildman–Crippen MR) is 114 cm³/mol. The minimum Gasteiger partial charge on any atom is -0.492 e. The Balaban J connectivity index is 1.31. The van der Waals surface area contributed by atoms with Gasteiger partial charge in [0.15, 0.2) is 11.6 Å². The molecule has 2 aliphatic rings.